The molecule has 1 aromatic carbocycles. The highest BCUT2D eigenvalue weighted by Gasteiger charge is 2.63. The largest absolute Gasteiger partial charge is 0.480 e. The van der Waals surface area contributed by atoms with Crippen LogP contribution in [0, 0.1) is 51.8 Å². The van der Waals surface area contributed by atoms with E-state index in [9.17, 15) is 44.1 Å². The molecule has 2 aromatic rings. The summed E-state index contributed by atoms with van der Waals surface area (Å²) in [5.41, 5.74) is 2.50. The second kappa shape index (κ2) is 27.9. The number of amides is 3. The zero-order valence-electron chi connectivity index (χ0n) is 50.5. The third-order valence-corrected chi connectivity index (χ3v) is 22.5. The molecule has 83 heavy (non-hydrogen) atoms. The molecule has 5 N–H and O–H groups in total. The summed E-state index contributed by atoms with van der Waals surface area (Å²) in [4.78, 5) is 89.9. The highest BCUT2D eigenvalue weighted by atomic mass is 32.2. The molecular formula is C63H92N6O12S2. The number of carboxylic acids is 1. The second-order valence-electron chi connectivity index (χ2n) is 25.9. The van der Waals surface area contributed by atoms with Gasteiger partial charge in [0.25, 0.3) is 0 Å². The maximum atomic E-state index is 13.8. The molecule has 0 bridgehead atoms. The molecule has 458 valence electrons. The van der Waals surface area contributed by atoms with Crippen LogP contribution in [-0.2, 0) is 33.4 Å². The molecule has 2 heterocycles. The predicted octanol–water partition coefficient (Wildman–Crippen LogP) is 8.65. The molecule has 0 radical (unpaired) electrons. The molecule has 6 aliphatic rings. The number of aliphatic hydroxyl groups excluding tert-OH is 2. The Morgan fingerprint density at radius 2 is 1.52 bits per heavy atom. The minimum Gasteiger partial charge on any atom is -0.480 e. The van der Waals surface area contributed by atoms with Crippen LogP contribution in [0.2, 0.25) is 0 Å². The normalized spacial score (nSPS) is 28.5. The number of nitrogens with one attached hydrogen (secondary N) is 2. The van der Waals surface area contributed by atoms with Gasteiger partial charge >= 0.3 is 12.1 Å². The minimum absolute atomic E-state index is 0.0390. The molecule has 1 unspecified atom stereocenters. The number of carboxylic acid groups (broad SMARTS) is 1. The number of hydrogen-bond donors (Lipinski definition) is 5. The van der Waals surface area contributed by atoms with Crippen LogP contribution >= 0.6 is 23.1 Å². The monoisotopic (exact) mass is 1190 g/mol. The quantitative estimate of drug-likeness (QED) is 0.0415. The summed E-state index contributed by atoms with van der Waals surface area (Å²) in [5, 5.41) is 38.6. The number of rotatable bonds is 27. The van der Waals surface area contributed by atoms with E-state index in [0.29, 0.717) is 137 Å². The number of aromatic nitrogens is 1. The first kappa shape index (κ1) is 64.4. The number of carbonyl (C=O) groups is 6. The number of Topliss-reactive ketones (excluding diaryl/α,β-unsaturated/α-hetero) is 2. The van der Waals surface area contributed by atoms with Gasteiger partial charge in [0, 0.05) is 79.7 Å². The van der Waals surface area contributed by atoms with Crippen molar-refractivity contribution in [2.45, 2.75) is 157 Å². The third kappa shape index (κ3) is 15.0. The van der Waals surface area contributed by atoms with Crippen LogP contribution in [0.4, 0.5) is 4.79 Å². The van der Waals surface area contributed by atoms with Crippen LogP contribution in [0.25, 0.3) is 10.2 Å². The lowest BCUT2D eigenvalue weighted by Crippen LogP contribution is -2.58. The van der Waals surface area contributed by atoms with E-state index in [4.69, 9.17) is 14.2 Å². The Morgan fingerprint density at radius 1 is 0.831 bits per heavy atom. The summed E-state index contributed by atoms with van der Waals surface area (Å²) in [6, 6.07) is 4.34. The number of aliphatic carboxylic acids is 1. The number of ketones is 2. The summed E-state index contributed by atoms with van der Waals surface area (Å²) in [5.74, 6) is 2.11. The van der Waals surface area contributed by atoms with Crippen LogP contribution in [-0.4, -0.2) is 167 Å². The molecule has 0 saturated heterocycles. The number of likely N-dealkylation sites (N-methyl/N-ethyl adjacent to an activating group) is 1. The standard InChI is InChI=1S/C63H92N6O12S2/c1-37(44-13-14-45-53-46(18-21-63(44,45)8)62(7)20-17-42(70)33-41(62)34-49(53)71)11-16-51(72)64-23-10-24-65-52(73)19-29-79-31-32-80-30-28-69(27-26-68(9)25-22-61(5,6)54-40(4)55(74)38(2)39(3)56(54)75)60(78)81-43-12-15-47-50(35-43)83-58(66-47)57-67-48(36-82-57)59(76)77/h12,15,35,37,41-42,44-46,48-49,53,70-71H,10-11,13-14,16-34,36H2,1-9H3,(H,64,72)(H,65,73)(H,76,77)/t37-,41+,42-,44-,45+,46+,48?,49-,53+,62+,63-/m0/s1. The van der Waals surface area contributed by atoms with Crippen molar-refractivity contribution in [3.05, 3.63) is 45.5 Å². The van der Waals surface area contributed by atoms with Gasteiger partial charge in [-0.3, -0.25) is 24.2 Å². The van der Waals surface area contributed by atoms with E-state index >= 15 is 0 Å². The maximum absolute atomic E-state index is 13.8. The second-order valence-corrected chi connectivity index (χ2v) is 28.0. The fourth-order valence-electron chi connectivity index (χ4n) is 15.2. The van der Waals surface area contributed by atoms with Gasteiger partial charge in [-0.05, 0) is 169 Å². The van der Waals surface area contributed by atoms with Gasteiger partial charge in [-0.15, -0.1) is 23.1 Å². The third-order valence-electron chi connectivity index (χ3n) is 20.3. The van der Waals surface area contributed by atoms with Gasteiger partial charge in [0.05, 0.1) is 48.9 Å². The van der Waals surface area contributed by atoms with Crippen LogP contribution in [0.1, 0.15) is 144 Å². The van der Waals surface area contributed by atoms with Gasteiger partial charge in [-0.1, -0.05) is 34.6 Å². The molecule has 1 aromatic heterocycles. The van der Waals surface area contributed by atoms with Crippen molar-refractivity contribution >= 4 is 73.8 Å². The lowest BCUT2D eigenvalue weighted by molar-refractivity contribution is -0.174. The highest BCUT2D eigenvalue weighted by molar-refractivity contribution is 8.15. The van der Waals surface area contributed by atoms with Crippen molar-refractivity contribution in [2.24, 2.45) is 56.7 Å². The van der Waals surface area contributed by atoms with E-state index in [0.717, 1.165) is 56.1 Å². The molecule has 4 saturated carbocycles. The number of aliphatic imine (C=N–C) groups is 1. The van der Waals surface area contributed by atoms with Crippen molar-refractivity contribution < 1.29 is 58.3 Å². The number of aliphatic hydroxyl groups is 2. The van der Waals surface area contributed by atoms with E-state index in [1.54, 1.807) is 43.9 Å². The zero-order valence-corrected chi connectivity index (χ0v) is 52.2. The lowest BCUT2D eigenvalue weighted by atomic mass is 9.43. The lowest BCUT2D eigenvalue weighted by Gasteiger charge is -2.62. The predicted molar refractivity (Wildman–Crippen MR) is 323 cm³/mol. The SMILES string of the molecule is CC1=C(C)C(=O)C(C(C)(C)CCN(C)CCN(CCOCCOCCC(=O)NCCCNC(=O)CC[C@H](C)[C@@H]2CC[C@@H]3[C@@H]4[C@@H](CC[C@]32C)[C@]2(C)CC[C@H](O)C[C@@H]2C[C@@H]4O)C(=O)Oc2ccc3nc(C4=NC(C(=O)O)CS4)sc3c2)=C(C)C1=O. The molecule has 20 heteroatoms. The summed E-state index contributed by atoms with van der Waals surface area (Å²) < 4.78 is 18.3. The Morgan fingerprint density at radius 3 is 2.24 bits per heavy atom. The van der Waals surface area contributed by atoms with Crippen molar-refractivity contribution in [1.82, 2.24) is 25.4 Å². The summed E-state index contributed by atoms with van der Waals surface area (Å²) in [7, 11) is 1.94. The van der Waals surface area contributed by atoms with E-state index in [-0.39, 0.29) is 85.8 Å². The van der Waals surface area contributed by atoms with Gasteiger partial charge in [-0.25, -0.2) is 14.6 Å². The Bertz CT molecular complexity index is 2810. The van der Waals surface area contributed by atoms with E-state index < -0.39 is 23.5 Å². The Balaban J connectivity index is 0.719. The molecule has 3 amide bonds. The van der Waals surface area contributed by atoms with Gasteiger partial charge in [0.1, 0.15) is 15.8 Å². The van der Waals surface area contributed by atoms with Crippen LogP contribution in [0.3, 0.4) is 0 Å². The fourth-order valence-corrected chi connectivity index (χ4v) is 17.3. The summed E-state index contributed by atoms with van der Waals surface area (Å²) in [6.45, 7) is 19.7. The molecule has 11 atom stereocenters. The number of ether oxygens (including phenoxy) is 3. The number of carbonyl (C=O) groups excluding carboxylic acids is 5. The number of nitrogens with zero attached hydrogens (tertiary/aromatic N) is 4. The molecule has 8 rings (SSSR count). The number of allylic oxidation sites excluding steroid dienone is 4. The number of thiazole rings is 1. The topological polar surface area (TPSA) is 247 Å². The molecule has 0 spiro atoms. The molecule has 4 fully saturated rings. The fraction of sp³-hybridized carbons (Fsp3) is 0.714. The first-order valence-corrected chi connectivity index (χ1v) is 32.2. The van der Waals surface area contributed by atoms with E-state index in [1.807, 2.05) is 20.9 Å². The molecule has 1 aliphatic heterocycles. The zero-order chi connectivity index (χ0) is 60.0. The number of hydrogen-bond acceptors (Lipinski definition) is 16. The maximum Gasteiger partial charge on any atom is 0.415 e. The smallest absolute Gasteiger partial charge is 0.415 e. The highest BCUT2D eigenvalue weighted by Crippen LogP contribution is 2.68. The van der Waals surface area contributed by atoms with Gasteiger partial charge in [-0.2, -0.15) is 0 Å². The van der Waals surface area contributed by atoms with E-state index in [2.05, 4.69) is 46.3 Å². The summed E-state index contributed by atoms with van der Waals surface area (Å²) >= 11 is 2.70. The van der Waals surface area contributed by atoms with Crippen molar-refractivity contribution in [2.75, 3.05) is 78.5 Å². The number of benzene rings is 1. The molecular weight excluding hydrogens is 1100 g/mol. The van der Waals surface area contributed by atoms with Gasteiger partial charge in [0.2, 0.25) is 11.8 Å². The Hall–Kier alpha value is -4.57. The van der Waals surface area contributed by atoms with Gasteiger partial charge < -0.3 is 50.0 Å². The van der Waals surface area contributed by atoms with Crippen molar-refractivity contribution in [1.29, 1.82) is 0 Å². The average molecular weight is 1190 g/mol. The van der Waals surface area contributed by atoms with Crippen molar-refractivity contribution in [3.63, 3.8) is 0 Å². The number of fused-ring (bicyclic) bond motifs is 6. The van der Waals surface area contributed by atoms with E-state index in [1.165, 1.54) is 29.5 Å². The van der Waals surface area contributed by atoms with Gasteiger partial charge in [0.15, 0.2) is 17.6 Å². The average Bonchev–Trinajstić information content (AvgIpc) is 2.09. The Kier molecular flexibility index (Phi) is 21.6. The molecule has 5 aliphatic carbocycles. The van der Waals surface area contributed by atoms with Crippen LogP contribution in [0.15, 0.2) is 45.5 Å². The van der Waals surface area contributed by atoms with Crippen molar-refractivity contribution in [3.8, 4) is 5.75 Å². The molecule has 18 nitrogen and oxygen atoms in total. The Labute approximate surface area is 498 Å². The summed E-state index contributed by atoms with van der Waals surface area (Å²) in [6.07, 6.45) is 9.83. The van der Waals surface area contributed by atoms with Crippen LogP contribution in [0.5, 0.6) is 5.75 Å². The first-order chi connectivity index (χ1) is 39.4. The van der Waals surface area contributed by atoms with Crippen LogP contribution < -0.4 is 15.4 Å². The first-order valence-electron chi connectivity index (χ1n) is 30.4. The number of thioether (sulfide) groups is 1. The minimum atomic E-state index is -0.978.